The predicted octanol–water partition coefficient (Wildman–Crippen LogP) is 2.79. The number of hydrogen-bond donors (Lipinski definition) is 1. The van der Waals surface area contributed by atoms with Crippen molar-refractivity contribution in [1.29, 1.82) is 5.26 Å². The van der Waals surface area contributed by atoms with E-state index in [1.54, 1.807) is 6.07 Å². The molecule has 0 aliphatic carbocycles. The van der Waals surface area contributed by atoms with Crippen molar-refractivity contribution >= 4 is 21.6 Å². The lowest BCUT2D eigenvalue weighted by Crippen LogP contribution is -2.11. The average molecular weight is 327 g/mol. The number of hydrogen-bond acceptors (Lipinski definition) is 4. The Morgan fingerprint density at radius 1 is 1.24 bits per heavy atom. The molecule has 2 rings (SSSR count). The number of nitrogens with two attached hydrogens (primary N) is 1. The van der Waals surface area contributed by atoms with Gasteiger partial charge in [-0.05, 0) is 30.3 Å². The molecule has 0 atom stereocenters. The summed E-state index contributed by atoms with van der Waals surface area (Å²) in [5.41, 5.74) is -0.274. The van der Waals surface area contributed by atoms with Crippen LogP contribution >= 0.6 is 11.6 Å². The zero-order valence-electron chi connectivity index (χ0n) is 10.4. The first-order chi connectivity index (χ1) is 9.82. The van der Waals surface area contributed by atoms with Gasteiger partial charge in [-0.1, -0.05) is 17.7 Å². The zero-order chi connectivity index (χ0) is 15.6. The van der Waals surface area contributed by atoms with Crippen LogP contribution in [0.2, 0.25) is 5.02 Å². The van der Waals surface area contributed by atoms with E-state index in [1.165, 1.54) is 24.3 Å². The maximum atomic E-state index is 13.4. The molecule has 0 bridgehead atoms. The van der Waals surface area contributed by atoms with Crippen molar-refractivity contribution in [1.82, 2.24) is 0 Å². The predicted molar refractivity (Wildman–Crippen MR) is 74.0 cm³/mol. The van der Waals surface area contributed by atoms with Gasteiger partial charge in [0.25, 0.3) is 0 Å². The number of primary sulfonamides is 1. The minimum atomic E-state index is -3.89. The standard InChI is InChI=1S/C13H8ClFN2O3S/c14-10-6-8(21(17,18)19)4-5-13(10)20-12-3-1-2-11(15)9(12)7-16/h1-6H,(H2,17,18,19). The second kappa shape index (κ2) is 5.69. The maximum Gasteiger partial charge on any atom is 0.238 e. The van der Waals surface area contributed by atoms with Crippen molar-refractivity contribution < 1.29 is 17.5 Å². The summed E-state index contributed by atoms with van der Waals surface area (Å²) in [7, 11) is -3.89. The van der Waals surface area contributed by atoms with Gasteiger partial charge in [-0.2, -0.15) is 5.26 Å². The molecule has 0 aliphatic heterocycles. The average Bonchev–Trinajstić information content (AvgIpc) is 2.40. The van der Waals surface area contributed by atoms with Crippen molar-refractivity contribution in [3.05, 3.63) is 52.8 Å². The van der Waals surface area contributed by atoms with Crippen LogP contribution < -0.4 is 9.88 Å². The molecule has 8 heteroatoms. The minimum absolute atomic E-state index is 0.0252. The normalized spacial score (nSPS) is 11.0. The summed E-state index contributed by atoms with van der Waals surface area (Å²) in [5, 5.41) is 13.8. The molecule has 0 radical (unpaired) electrons. The molecule has 0 unspecified atom stereocenters. The van der Waals surface area contributed by atoms with Gasteiger partial charge < -0.3 is 4.74 Å². The number of nitriles is 1. The second-order valence-corrected chi connectivity index (χ2v) is 5.93. The fraction of sp³-hybridized carbons (Fsp3) is 0. The number of benzene rings is 2. The largest absolute Gasteiger partial charge is 0.454 e. The van der Waals surface area contributed by atoms with Crippen molar-refractivity contribution in [3.63, 3.8) is 0 Å². The first kappa shape index (κ1) is 15.3. The molecule has 108 valence electrons. The van der Waals surface area contributed by atoms with Crippen LogP contribution in [0.3, 0.4) is 0 Å². The zero-order valence-corrected chi connectivity index (χ0v) is 12.0. The van der Waals surface area contributed by atoms with Gasteiger partial charge in [0.05, 0.1) is 9.92 Å². The van der Waals surface area contributed by atoms with E-state index >= 15 is 0 Å². The van der Waals surface area contributed by atoms with Gasteiger partial charge in [-0.3, -0.25) is 0 Å². The van der Waals surface area contributed by atoms with Crippen molar-refractivity contribution in [3.8, 4) is 17.6 Å². The molecule has 0 fully saturated rings. The number of halogens is 2. The molecule has 0 saturated heterocycles. The Labute approximate surface area is 125 Å². The smallest absolute Gasteiger partial charge is 0.238 e. The van der Waals surface area contributed by atoms with Gasteiger partial charge in [0.1, 0.15) is 28.9 Å². The monoisotopic (exact) mass is 326 g/mol. The highest BCUT2D eigenvalue weighted by Crippen LogP contribution is 2.33. The quantitative estimate of drug-likeness (QED) is 0.938. The molecule has 2 N–H and O–H groups in total. The lowest BCUT2D eigenvalue weighted by molar-refractivity contribution is 0.474. The molecular formula is C13H8ClFN2O3S. The highest BCUT2D eigenvalue weighted by molar-refractivity contribution is 7.89. The molecule has 21 heavy (non-hydrogen) atoms. The highest BCUT2D eigenvalue weighted by Gasteiger charge is 2.14. The summed E-state index contributed by atoms with van der Waals surface area (Å²) >= 11 is 5.90. The molecule has 2 aromatic rings. The molecule has 0 heterocycles. The van der Waals surface area contributed by atoms with E-state index in [0.29, 0.717) is 0 Å². The van der Waals surface area contributed by atoms with Crippen LogP contribution in [0, 0.1) is 17.1 Å². The summed E-state index contributed by atoms with van der Waals surface area (Å²) in [6.45, 7) is 0. The Bertz CT molecular complexity index is 847. The van der Waals surface area contributed by atoms with E-state index in [0.717, 1.165) is 12.1 Å². The van der Waals surface area contributed by atoms with Crippen LogP contribution in [-0.2, 0) is 10.0 Å². The molecule has 5 nitrogen and oxygen atoms in total. The summed E-state index contributed by atoms with van der Waals surface area (Å²) in [4.78, 5) is -0.181. The van der Waals surface area contributed by atoms with Crippen molar-refractivity contribution in [2.75, 3.05) is 0 Å². The van der Waals surface area contributed by atoms with Crippen LogP contribution in [0.1, 0.15) is 5.56 Å². The molecule has 0 saturated carbocycles. The summed E-state index contributed by atoms with van der Waals surface area (Å²) in [5.74, 6) is -0.679. The molecule has 0 spiro atoms. The van der Waals surface area contributed by atoms with Crippen LogP contribution in [0.15, 0.2) is 41.3 Å². The van der Waals surface area contributed by atoms with Gasteiger partial charge in [-0.25, -0.2) is 17.9 Å². The van der Waals surface area contributed by atoms with E-state index in [1.807, 2.05) is 0 Å². The molecule has 0 aliphatic rings. The summed E-state index contributed by atoms with van der Waals surface area (Å²) < 4.78 is 41.2. The summed E-state index contributed by atoms with van der Waals surface area (Å²) in [6.07, 6.45) is 0. The second-order valence-electron chi connectivity index (χ2n) is 3.96. The first-order valence-electron chi connectivity index (χ1n) is 5.52. The molecule has 0 amide bonds. The Kier molecular flexibility index (Phi) is 4.14. The lowest BCUT2D eigenvalue weighted by atomic mass is 10.2. The Hall–Kier alpha value is -2.14. The fourth-order valence-corrected chi connectivity index (χ4v) is 2.38. The van der Waals surface area contributed by atoms with Gasteiger partial charge in [0.15, 0.2) is 0 Å². The van der Waals surface area contributed by atoms with Gasteiger partial charge in [-0.15, -0.1) is 0 Å². The van der Waals surface area contributed by atoms with E-state index in [2.05, 4.69) is 0 Å². The SMILES string of the molecule is N#Cc1c(F)cccc1Oc1ccc(S(N)(=O)=O)cc1Cl. The maximum absolute atomic E-state index is 13.4. The Morgan fingerprint density at radius 3 is 2.52 bits per heavy atom. The fourth-order valence-electron chi connectivity index (χ4n) is 1.56. The first-order valence-corrected chi connectivity index (χ1v) is 7.44. The number of rotatable bonds is 3. The number of sulfonamides is 1. The van der Waals surface area contributed by atoms with Crippen LogP contribution in [0.5, 0.6) is 11.5 Å². The van der Waals surface area contributed by atoms with Crippen molar-refractivity contribution in [2.24, 2.45) is 5.14 Å². The van der Waals surface area contributed by atoms with E-state index in [-0.39, 0.29) is 27.0 Å². The van der Waals surface area contributed by atoms with Crippen molar-refractivity contribution in [2.45, 2.75) is 4.90 Å². The Balaban J connectivity index is 2.43. The number of ether oxygens (including phenoxy) is 1. The van der Waals surface area contributed by atoms with Crippen LogP contribution in [0.25, 0.3) is 0 Å². The Morgan fingerprint density at radius 2 is 1.95 bits per heavy atom. The van der Waals surface area contributed by atoms with Crippen LogP contribution in [-0.4, -0.2) is 8.42 Å². The van der Waals surface area contributed by atoms with Gasteiger partial charge in [0.2, 0.25) is 10.0 Å². The van der Waals surface area contributed by atoms with E-state index < -0.39 is 15.8 Å². The highest BCUT2D eigenvalue weighted by atomic mass is 35.5. The third-order valence-electron chi connectivity index (χ3n) is 2.54. The lowest BCUT2D eigenvalue weighted by Gasteiger charge is -2.10. The summed E-state index contributed by atoms with van der Waals surface area (Å²) in [6, 6.07) is 9.15. The van der Waals surface area contributed by atoms with Crippen LogP contribution in [0.4, 0.5) is 4.39 Å². The third kappa shape index (κ3) is 3.31. The molecule has 2 aromatic carbocycles. The molecular weight excluding hydrogens is 319 g/mol. The van der Waals surface area contributed by atoms with E-state index in [9.17, 15) is 12.8 Å². The van der Waals surface area contributed by atoms with Gasteiger partial charge >= 0.3 is 0 Å². The number of nitrogens with zero attached hydrogens (tertiary/aromatic N) is 1. The van der Waals surface area contributed by atoms with Gasteiger partial charge in [0, 0.05) is 0 Å². The third-order valence-corrected chi connectivity index (χ3v) is 3.75. The molecule has 0 aromatic heterocycles. The topological polar surface area (TPSA) is 93.2 Å². The van der Waals surface area contributed by atoms with E-state index in [4.69, 9.17) is 26.7 Å². The minimum Gasteiger partial charge on any atom is -0.454 e.